The lowest BCUT2D eigenvalue weighted by Gasteiger charge is -2.34. The fraction of sp³-hybridized carbons (Fsp3) is 0.600. The van der Waals surface area contributed by atoms with Crippen molar-refractivity contribution in [2.45, 2.75) is 19.9 Å². The Labute approximate surface area is 143 Å². The largest absolute Gasteiger partial charge is 0.481 e. The van der Waals surface area contributed by atoms with Gasteiger partial charge in [0.2, 0.25) is 5.91 Å². The second-order valence-electron chi connectivity index (χ2n) is 6.05. The van der Waals surface area contributed by atoms with Gasteiger partial charge in [0.1, 0.15) is 0 Å². The predicted octanol–water partition coefficient (Wildman–Crippen LogP) is 2.51. The van der Waals surface area contributed by atoms with Crippen LogP contribution in [0.25, 0.3) is 0 Å². The molecule has 1 aliphatic rings. The quantitative estimate of drug-likeness (QED) is 0.841. The molecule has 1 saturated heterocycles. The minimum atomic E-state index is -0.763. The average Bonchev–Trinajstić information content (AvgIpc) is 2.83. The molecule has 1 fully saturated rings. The molecule has 7 heteroatoms. The number of carbonyl (C=O) groups excluding carboxylic acids is 1. The first kappa shape index (κ1) is 17.4. The van der Waals surface area contributed by atoms with E-state index in [9.17, 15) is 14.7 Å². The molecule has 2 atom stereocenters. The summed E-state index contributed by atoms with van der Waals surface area (Å²) >= 11 is 5.02. The van der Waals surface area contributed by atoms with Gasteiger partial charge in [-0.25, -0.2) is 0 Å². The second-order valence-corrected chi connectivity index (χ2v) is 7.96. The molecule has 1 amide bonds. The molecular formula is C15H21BrN2O3S. The molecule has 1 N–H and O–H groups in total. The zero-order valence-electron chi connectivity index (χ0n) is 12.8. The fourth-order valence-corrected chi connectivity index (χ4v) is 4.34. The van der Waals surface area contributed by atoms with Crippen LogP contribution in [0.5, 0.6) is 0 Å². The Morgan fingerprint density at radius 3 is 2.82 bits per heavy atom. The number of rotatable bonds is 5. The molecule has 0 radical (unpaired) electrons. The first-order valence-corrected chi connectivity index (χ1v) is 8.94. The number of carbonyl (C=O) groups is 2. The first-order valence-electron chi connectivity index (χ1n) is 7.27. The number of thiophene rings is 1. The van der Waals surface area contributed by atoms with Gasteiger partial charge in [-0.05, 0) is 34.3 Å². The maximum atomic E-state index is 12.3. The Kier molecular flexibility index (Phi) is 6.00. The normalized spacial score (nSPS) is 22.5. The Hall–Kier alpha value is -0.920. The summed E-state index contributed by atoms with van der Waals surface area (Å²) in [4.78, 5) is 28.3. The van der Waals surface area contributed by atoms with Crippen LogP contribution in [0.1, 0.15) is 18.2 Å². The van der Waals surface area contributed by atoms with Gasteiger partial charge in [-0.1, -0.05) is 6.92 Å². The lowest BCUT2D eigenvalue weighted by atomic mass is 9.90. The minimum absolute atomic E-state index is 0.0303. The summed E-state index contributed by atoms with van der Waals surface area (Å²) < 4.78 is 1.03. The molecule has 22 heavy (non-hydrogen) atoms. The Balaban J connectivity index is 1.88. The van der Waals surface area contributed by atoms with Crippen molar-refractivity contribution in [3.05, 3.63) is 20.8 Å². The summed E-state index contributed by atoms with van der Waals surface area (Å²) in [6.07, 6.45) is 0.694. The summed E-state index contributed by atoms with van der Waals surface area (Å²) in [5.74, 6) is -0.792. The van der Waals surface area contributed by atoms with Crippen molar-refractivity contribution in [1.29, 1.82) is 0 Å². The topological polar surface area (TPSA) is 60.9 Å². The second kappa shape index (κ2) is 7.57. The van der Waals surface area contributed by atoms with E-state index in [1.54, 1.807) is 23.3 Å². The SMILES string of the molecule is CC1CC(C(=O)O)CN(CC(=O)N(C)Cc2cc(Br)cs2)C1. The highest BCUT2D eigenvalue weighted by Crippen LogP contribution is 2.23. The third-order valence-corrected chi connectivity index (χ3v) is 5.57. The van der Waals surface area contributed by atoms with E-state index in [1.807, 2.05) is 23.3 Å². The van der Waals surface area contributed by atoms with Crippen LogP contribution in [0.3, 0.4) is 0 Å². The summed E-state index contributed by atoms with van der Waals surface area (Å²) in [7, 11) is 1.79. The molecule has 1 aromatic heterocycles. The number of aliphatic carboxylic acids is 1. The van der Waals surface area contributed by atoms with E-state index in [2.05, 4.69) is 15.9 Å². The van der Waals surface area contributed by atoms with Crippen LogP contribution in [-0.2, 0) is 16.1 Å². The van der Waals surface area contributed by atoms with Gasteiger partial charge in [0.05, 0.1) is 19.0 Å². The van der Waals surface area contributed by atoms with Crippen LogP contribution in [-0.4, -0.2) is 53.5 Å². The number of piperidine rings is 1. The van der Waals surface area contributed by atoms with Crippen LogP contribution < -0.4 is 0 Å². The summed E-state index contributed by atoms with van der Waals surface area (Å²) in [5.41, 5.74) is 0. The highest BCUT2D eigenvalue weighted by atomic mass is 79.9. The number of likely N-dealkylation sites (tertiary alicyclic amines) is 1. The molecule has 2 heterocycles. The van der Waals surface area contributed by atoms with Crippen molar-refractivity contribution in [3.8, 4) is 0 Å². The Morgan fingerprint density at radius 2 is 2.23 bits per heavy atom. The molecule has 1 aliphatic heterocycles. The van der Waals surface area contributed by atoms with Gasteiger partial charge in [-0.2, -0.15) is 0 Å². The maximum Gasteiger partial charge on any atom is 0.307 e. The predicted molar refractivity (Wildman–Crippen MR) is 89.8 cm³/mol. The van der Waals surface area contributed by atoms with Crippen molar-refractivity contribution in [1.82, 2.24) is 9.80 Å². The van der Waals surface area contributed by atoms with E-state index in [0.717, 1.165) is 15.9 Å². The van der Waals surface area contributed by atoms with E-state index >= 15 is 0 Å². The van der Waals surface area contributed by atoms with Gasteiger partial charge < -0.3 is 10.0 Å². The standard InChI is InChI=1S/C15H21BrN2O3S/c1-10-3-11(15(20)21)6-18(5-10)8-14(19)17(2)7-13-4-12(16)9-22-13/h4,9-11H,3,5-8H2,1-2H3,(H,20,21). The lowest BCUT2D eigenvalue weighted by molar-refractivity contribution is -0.145. The zero-order chi connectivity index (χ0) is 16.3. The number of carboxylic acids is 1. The van der Waals surface area contributed by atoms with E-state index < -0.39 is 5.97 Å². The number of halogens is 1. The third kappa shape index (κ3) is 4.79. The van der Waals surface area contributed by atoms with Gasteiger partial charge in [0, 0.05) is 34.9 Å². The highest BCUT2D eigenvalue weighted by molar-refractivity contribution is 9.10. The molecule has 122 valence electrons. The van der Waals surface area contributed by atoms with E-state index in [4.69, 9.17) is 0 Å². The van der Waals surface area contributed by atoms with Crippen molar-refractivity contribution in [2.75, 3.05) is 26.7 Å². The van der Waals surface area contributed by atoms with Crippen molar-refractivity contribution in [2.24, 2.45) is 11.8 Å². The van der Waals surface area contributed by atoms with E-state index in [0.29, 0.717) is 25.4 Å². The zero-order valence-corrected chi connectivity index (χ0v) is 15.2. The highest BCUT2D eigenvalue weighted by Gasteiger charge is 2.30. The monoisotopic (exact) mass is 388 g/mol. The van der Waals surface area contributed by atoms with Crippen molar-refractivity contribution in [3.63, 3.8) is 0 Å². The van der Waals surface area contributed by atoms with Gasteiger partial charge in [0.15, 0.2) is 0 Å². The summed E-state index contributed by atoms with van der Waals surface area (Å²) in [6.45, 7) is 4.16. The van der Waals surface area contributed by atoms with Gasteiger partial charge >= 0.3 is 5.97 Å². The molecule has 0 spiro atoms. The molecular weight excluding hydrogens is 368 g/mol. The molecule has 1 aromatic rings. The molecule has 0 aromatic carbocycles. The number of hydrogen-bond acceptors (Lipinski definition) is 4. The van der Waals surface area contributed by atoms with Gasteiger partial charge in [-0.3, -0.25) is 14.5 Å². The molecule has 0 bridgehead atoms. The summed E-state index contributed by atoms with van der Waals surface area (Å²) in [5, 5.41) is 11.2. The van der Waals surface area contributed by atoms with Crippen LogP contribution >= 0.6 is 27.3 Å². The van der Waals surface area contributed by atoms with E-state index in [1.165, 1.54) is 0 Å². The number of amides is 1. The van der Waals surface area contributed by atoms with Crippen LogP contribution in [0.2, 0.25) is 0 Å². The minimum Gasteiger partial charge on any atom is -0.481 e. The first-order chi connectivity index (χ1) is 10.3. The van der Waals surface area contributed by atoms with Crippen LogP contribution in [0.15, 0.2) is 15.9 Å². The van der Waals surface area contributed by atoms with Crippen LogP contribution in [0.4, 0.5) is 0 Å². The fourth-order valence-electron chi connectivity index (χ4n) is 2.84. The number of hydrogen-bond donors (Lipinski definition) is 1. The molecule has 2 unspecified atom stereocenters. The van der Waals surface area contributed by atoms with Gasteiger partial charge in [-0.15, -0.1) is 11.3 Å². The Bertz CT molecular complexity index is 549. The van der Waals surface area contributed by atoms with E-state index in [-0.39, 0.29) is 18.4 Å². The smallest absolute Gasteiger partial charge is 0.307 e. The summed E-state index contributed by atoms with van der Waals surface area (Å²) in [6, 6.07) is 2.01. The Morgan fingerprint density at radius 1 is 1.50 bits per heavy atom. The number of carboxylic acid groups (broad SMARTS) is 1. The third-order valence-electron chi connectivity index (χ3n) is 3.88. The molecule has 0 saturated carbocycles. The number of nitrogens with zero attached hydrogens (tertiary/aromatic N) is 2. The molecule has 0 aliphatic carbocycles. The average molecular weight is 389 g/mol. The molecule has 2 rings (SSSR count). The van der Waals surface area contributed by atoms with Crippen molar-refractivity contribution >= 4 is 39.1 Å². The van der Waals surface area contributed by atoms with Crippen molar-refractivity contribution < 1.29 is 14.7 Å². The van der Waals surface area contributed by atoms with Gasteiger partial charge in [0.25, 0.3) is 0 Å². The van der Waals surface area contributed by atoms with Crippen LogP contribution in [0, 0.1) is 11.8 Å². The maximum absolute atomic E-state index is 12.3. The molecule has 5 nitrogen and oxygen atoms in total. The number of likely N-dealkylation sites (N-methyl/N-ethyl adjacent to an activating group) is 1. The lowest BCUT2D eigenvalue weighted by Crippen LogP contribution is -2.47.